The second-order valence-corrected chi connectivity index (χ2v) is 5.14. The van der Waals surface area contributed by atoms with Crippen LogP contribution in [0.25, 0.3) is 0 Å². The van der Waals surface area contributed by atoms with Crippen LogP contribution in [0.3, 0.4) is 0 Å². The fraction of sp³-hybridized carbons (Fsp3) is 0.625. The molecule has 0 saturated carbocycles. The molecule has 3 heteroatoms. The lowest BCUT2D eigenvalue weighted by atomic mass is 10.2. The van der Waals surface area contributed by atoms with Crippen LogP contribution in [0.4, 0.5) is 0 Å². The van der Waals surface area contributed by atoms with Gasteiger partial charge in [0.2, 0.25) is 0 Å². The maximum Gasteiger partial charge on any atom is 0.119 e. The molecule has 1 aliphatic heterocycles. The minimum Gasteiger partial charge on any atom is -0.494 e. The van der Waals surface area contributed by atoms with E-state index in [1.807, 2.05) is 0 Å². The molecule has 19 heavy (non-hydrogen) atoms. The Kier molecular flexibility index (Phi) is 6.18. The van der Waals surface area contributed by atoms with Crippen LogP contribution in [0.15, 0.2) is 24.3 Å². The van der Waals surface area contributed by atoms with E-state index in [0.29, 0.717) is 0 Å². The van der Waals surface area contributed by atoms with Gasteiger partial charge in [-0.1, -0.05) is 19.1 Å². The molecule has 0 amide bonds. The van der Waals surface area contributed by atoms with Crippen LogP contribution in [-0.2, 0) is 6.42 Å². The van der Waals surface area contributed by atoms with Gasteiger partial charge in [-0.2, -0.15) is 0 Å². The van der Waals surface area contributed by atoms with E-state index in [0.717, 1.165) is 38.3 Å². The van der Waals surface area contributed by atoms with Crippen LogP contribution in [0, 0.1) is 0 Å². The second-order valence-electron chi connectivity index (χ2n) is 5.14. The zero-order valence-electron chi connectivity index (χ0n) is 12.0. The molecule has 1 saturated heterocycles. The maximum atomic E-state index is 5.76. The summed E-state index contributed by atoms with van der Waals surface area (Å²) in [6, 6.07) is 8.45. The van der Waals surface area contributed by atoms with E-state index in [9.17, 15) is 0 Å². The summed E-state index contributed by atoms with van der Waals surface area (Å²) < 4.78 is 5.76. The molecule has 1 aliphatic rings. The van der Waals surface area contributed by atoms with E-state index in [4.69, 9.17) is 4.74 Å². The third-order valence-electron chi connectivity index (χ3n) is 3.68. The van der Waals surface area contributed by atoms with Gasteiger partial charge in [0.15, 0.2) is 0 Å². The summed E-state index contributed by atoms with van der Waals surface area (Å²) in [6.45, 7) is 8.88. The van der Waals surface area contributed by atoms with Crippen molar-refractivity contribution in [3.63, 3.8) is 0 Å². The first-order valence-electron chi connectivity index (χ1n) is 7.53. The molecule has 1 N–H and O–H groups in total. The van der Waals surface area contributed by atoms with Gasteiger partial charge in [-0.25, -0.2) is 0 Å². The monoisotopic (exact) mass is 262 g/mol. The van der Waals surface area contributed by atoms with Gasteiger partial charge >= 0.3 is 0 Å². The highest BCUT2D eigenvalue weighted by atomic mass is 16.5. The summed E-state index contributed by atoms with van der Waals surface area (Å²) >= 11 is 0. The lowest BCUT2D eigenvalue weighted by Crippen LogP contribution is -2.43. The minimum absolute atomic E-state index is 0.831. The third kappa shape index (κ3) is 5.21. The van der Waals surface area contributed by atoms with Gasteiger partial charge in [0, 0.05) is 26.2 Å². The molecule has 1 fully saturated rings. The van der Waals surface area contributed by atoms with Crippen molar-refractivity contribution in [2.75, 3.05) is 39.3 Å². The molecule has 106 valence electrons. The van der Waals surface area contributed by atoms with Gasteiger partial charge in [-0.3, -0.25) is 0 Å². The summed E-state index contributed by atoms with van der Waals surface area (Å²) in [5.74, 6) is 0.999. The number of ether oxygens (including phenoxy) is 1. The zero-order chi connectivity index (χ0) is 13.3. The van der Waals surface area contributed by atoms with Crippen LogP contribution >= 0.6 is 0 Å². The van der Waals surface area contributed by atoms with Crippen molar-refractivity contribution < 1.29 is 4.74 Å². The largest absolute Gasteiger partial charge is 0.494 e. The average Bonchev–Trinajstić information content (AvgIpc) is 2.49. The number of hydrogen-bond donors (Lipinski definition) is 1. The van der Waals surface area contributed by atoms with E-state index in [1.54, 1.807) is 0 Å². The topological polar surface area (TPSA) is 24.5 Å². The number of rotatable bonds is 7. The van der Waals surface area contributed by atoms with Gasteiger partial charge in [0.05, 0.1) is 6.61 Å². The van der Waals surface area contributed by atoms with Gasteiger partial charge in [-0.05, 0) is 43.5 Å². The van der Waals surface area contributed by atoms with Crippen LogP contribution in [-0.4, -0.2) is 44.2 Å². The lowest BCUT2D eigenvalue weighted by Gasteiger charge is -2.26. The van der Waals surface area contributed by atoms with Crippen molar-refractivity contribution in [3.8, 4) is 5.75 Å². The fourth-order valence-electron chi connectivity index (χ4n) is 2.38. The molecule has 0 radical (unpaired) electrons. The second kappa shape index (κ2) is 8.18. The van der Waals surface area contributed by atoms with Gasteiger partial charge < -0.3 is 15.0 Å². The number of hydrogen-bond acceptors (Lipinski definition) is 3. The summed E-state index contributed by atoms with van der Waals surface area (Å²) in [4.78, 5) is 2.53. The van der Waals surface area contributed by atoms with E-state index in [2.05, 4.69) is 41.4 Å². The molecule has 3 nitrogen and oxygen atoms in total. The summed E-state index contributed by atoms with van der Waals surface area (Å²) in [5, 5.41) is 3.38. The highest BCUT2D eigenvalue weighted by Gasteiger charge is 2.08. The Balaban J connectivity index is 1.55. The van der Waals surface area contributed by atoms with Crippen molar-refractivity contribution in [2.45, 2.75) is 26.2 Å². The average molecular weight is 262 g/mol. The minimum atomic E-state index is 0.831. The molecule has 0 unspecified atom stereocenters. The van der Waals surface area contributed by atoms with Crippen molar-refractivity contribution in [3.05, 3.63) is 29.8 Å². The first-order chi connectivity index (χ1) is 9.38. The zero-order valence-corrected chi connectivity index (χ0v) is 12.0. The van der Waals surface area contributed by atoms with E-state index in [1.165, 1.54) is 31.6 Å². The van der Waals surface area contributed by atoms with Gasteiger partial charge in [-0.15, -0.1) is 0 Å². The quantitative estimate of drug-likeness (QED) is 0.763. The standard InChI is InChI=1S/C16H26N2O/c1-2-15-5-7-16(8-6-15)19-14-4-3-11-18-12-9-17-10-13-18/h5-8,17H,2-4,9-14H2,1H3. The highest BCUT2D eigenvalue weighted by molar-refractivity contribution is 5.27. The molecule has 0 bridgehead atoms. The normalized spacial score (nSPS) is 16.5. The summed E-state index contributed by atoms with van der Waals surface area (Å²) in [5.41, 5.74) is 1.37. The summed E-state index contributed by atoms with van der Waals surface area (Å²) in [6.07, 6.45) is 3.46. The van der Waals surface area contributed by atoms with Gasteiger partial charge in [0.25, 0.3) is 0 Å². The number of benzene rings is 1. The number of aryl methyl sites for hydroxylation is 1. The predicted molar refractivity (Wildman–Crippen MR) is 79.9 cm³/mol. The van der Waals surface area contributed by atoms with E-state index in [-0.39, 0.29) is 0 Å². The number of nitrogens with one attached hydrogen (secondary N) is 1. The predicted octanol–water partition coefficient (Wildman–Crippen LogP) is 2.31. The van der Waals surface area contributed by atoms with Gasteiger partial charge in [0.1, 0.15) is 5.75 Å². The molecular weight excluding hydrogens is 236 g/mol. The smallest absolute Gasteiger partial charge is 0.119 e. The molecular formula is C16H26N2O. The third-order valence-corrected chi connectivity index (χ3v) is 3.68. The first kappa shape index (κ1) is 14.4. The Morgan fingerprint density at radius 1 is 1.11 bits per heavy atom. The molecule has 1 aromatic rings. The first-order valence-corrected chi connectivity index (χ1v) is 7.53. The summed E-state index contributed by atoms with van der Waals surface area (Å²) in [7, 11) is 0. The Morgan fingerprint density at radius 3 is 2.53 bits per heavy atom. The molecule has 0 spiro atoms. The van der Waals surface area contributed by atoms with Crippen molar-refractivity contribution in [1.82, 2.24) is 10.2 Å². The molecule has 0 aromatic heterocycles. The van der Waals surface area contributed by atoms with Crippen LogP contribution in [0.1, 0.15) is 25.3 Å². The molecule has 2 rings (SSSR count). The Hall–Kier alpha value is -1.06. The van der Waals surface area contributed by atoms with Crippen LogP contribution in [0.5, 0.6) is 5.75 Å². The number of piperazine rings is 1. The lowest BCUT2D eigenvalue weighted by molar-refractivity contribution is 0.226. The Labute approximate surface area is 116 Å². The maximum absolute atomic E-state index is 5.76. The van der Waals surface area contributed by atoms with Crippen molar-refractivity contribution >= 4 is 0 Å². The molecule has 0 atom stereocenters. The van der Waals surface area contributed by atoms with Crippen molar-refractivity contribution in [1.29, 1.82) is 0 Å². The molecule has 0 aliphatic carbocycles. The number of nitrogens with zero attached hydrogens (tertiary/aromatic N) is 1. The Bertz CT molecular complexity index is 344. The number of unbranched alkanes of at least 4 members (excludes halogenated alkanes) is 1. The molecule has 1 heterocycles. The van der Waals surface area contributed by atoms with E-state index < -0.39 is 0 Å². The highest BCUT2D eigenvalue weighted by Crippen LogP contribution is 2.13. The van der Waals surface area contributed by atoms with E-state index >= 15 is 0 Å². The Morgan fingerprint density at radius 2 is 1.84 bits per heavy atom. The van der Waals surface area contributed by atoms with Crippen LogP contribution < -0.4 is 10.1 Å². The SMILES string of the molecule is CCc1ccc(OCCCCN2CCNCC2)cc1. The van der Waals surface area contributed by atoms with Crippen molar-refractivity contribution in [2.24, 2.45) is 0 Å². The molecule has 1 aromatic carbocycles. The fourth-order valence-corrected chi connectivity index (χ4v) is 2.38. The van der Waals surface area contributed by atoms with Crippen LogP contribution in [0.2, 0.25) is 0 Å².